The minimum absolute atomic E-state index is 0.108. The number of ether oxygens (including phenoxy) is 1. The number of pyridine rings is 2. The third-order valence-electron chi connectivity index (χ3n) is 4.40. The molecule has 3 N–H and O–H groups in total. The minimum atomic E-state index is -1.21. The average molecular weight is 393 g/mol. The molecule has 146 valence electrons. The molecule has 1 amide bonds. The van der Waals surface area contributed by atoms with Gasteiger partial charge in [0.2, 0.25) is 0 Å². The normalized spacial score (nSPS) is 10.8. The largest absolute Gasteiger partial charge is 0.497 e. The first-order valence-electron chi connectivity index (χ1n) is 8.66. The number of nitrogens with zero attached hydrogens (tertiary/aromatic N) is 3. The molecule has 0 radical (unpaired) electrons. The Balaban J connectivity index is 1.74. The van der Waals surface area contributed by atoms with E-state index >= 15 is 0 Å². The number of benzene rings is 1. The van der Waals surface area contributed by atoms with E-state index in [-0.39, 0.29) is 12.1 Å². The van der Waals surface area contributed by atoms with Gasteiger partial charge in [-0.3, -0.25) is 4.98 Å². The standard InChI is InChI=1S/C20H16FN5O3/c1-29-13-4-6-22-16(9-13)18-25-17-14(5-7-23-19(17)26-18)11-2-3-12(15(21)8-11)10-24-20(27)28/h2-9,24H,10H2,1H3,(H,27,28)(H,23,25,26). The molecule has 0 atom stereocenters. The number of imidazole rings is 1. The fourth-order valence-electron chi connectivity index (χ4n) is 2.97. The molecule has 8 nitrogen and oxygen atoms in total. The molecule has 0 saturated carbocycles. The van der Waals surface area contributed by atoms with Gasteiger partial charge in [-0.2, -0.15) is 0 Å². The second kappa shape index (κ2) is 7.55. The van der Waals surface area contributed by atoms with Gasteiger partial charge in [-0.05, 0) is 23.8 Å². The zero-order valence-electron chi connectivity index (χ0n) is 15.3. The van der Waals surface area contributed by atoms with Gasteiger partial charge in [0.25, 0.3) is 0 Å². The minimum Gasteiger partial charge on any atom is -0.497 e. The number of fused-ring (bicyclic) bond motifs is 1. The zero-order valence-corrected chi connectivity index (χ0v) is 15.3. The van der Waals surface area contributed by atoms with Crippen molar-refractivity contribution in [2.45, 2.75) is 6.54 Å². The second-order valence-electron chi connectivity index (χ2n) is 6.19. The summed E-state index contributed by atoms with van der Waals surface area (Å²) in [5.41, 5.74) is 3.29. The van der Waals surface area contributed by atoms with Gasteiger partial charge in [-0.15, -0.1) is 0 Å². The average Bonchev–Trinajstić information content (AvgIpc) is 3.17. The van der Waals surface area contributed by atoms with Crippen molar-refractivity contribution in [3.05, 3.63) is 60.2 Å². The van der Waals surface area contributed by atoms with Crippen LogP contribution in [0, 0.1) is 5.82 Å². The van der Waals surface area contributed by atoms with Crippen molar-refractivity contribution < 1.29 is 19.0 Å². The Bertz CT molecular complexity index is 1210. The summed E-state index contributed by atoms with van der Waals surface area (Å²) in [6, 6.07) is 9.88. The van der Waals surface area contributed by atoms with Crippen LogP contribution in [0.5, 0.6) is 5.75 Å². The molecule has 0 saturated heterocycles. The van der Waals surface area contributed by atoms with Gasteiger partial charge in [0, 0.05) is 36.1 Å². The van der Waals surface area contributed by atoms with Crippen LogP contribution in [0.15, 0.2) is 48.8 Å². The summed E-state index contributed by atoms with van der Waals surface area (Å²) in [5, 5.41) is 10.8. The predicted molar refractivity (Wildman–Crippen MR) is 104 cm³/mol. The maximum Gasteiger partial charge on any atom is 0.404 e. The van der Waals surface area contributed by atoms with Gasteiger partial charge in [0.1, 0.15) is 17.3 Å². The first kappa shape index (κ1) is 18.4. The van der Waals surface area contributed by atoms with Gasteiger partial charge < -0.3 is 20.1 Å². The van der Waals surface area contributed by atoms with Crippen LogP contribution in [0.3, 0.4) is 0 Å². The van der Waals surface area contributed by atoms with E-state index in [0.29, 0.717) is 39.6 Å². The monoisotopic (exact) mass is 393 g/mol. The Kier molecular flexibility index (Phi) is 4.78. The fourth-order valence-corrected chi connectivity index (χ4v) is 2.97. The van der Waals surface area contributed by atoms with Crippen molar-refractivity contribution >= 4 is 17.3 Å². The summed E-state index contributed by atoms with van der Waals surface area (Å²) >= 11 is 0. The van der Waals surface area contributed by atoms with E-state index in [1.807, 2.05) is 0 Å². The Morgan fingerprint density at radius 3 is 2.79 bits per heavy atom. The highest BCUT2D eigenvalue weighted by Crippen LogP contribution is 2.29. The van der Waals surface area contributed by atoms with Gasteiger partial charge in [-0.25, -0.2) is 19.2 Å². The molecule has 0 aliphatic carbocycles. The van der Waals surface area contributed by atoms with Gasteiger partial charge in [-0.1, -0.05) is 12.1 Å². The number of carbonyl (C=O) groups is 1. The van der Waals surface area contributed by atoms with Gasteiger partial charge in [0.05, 0.1) is 12.6 Å². The topological polar surface area (TPSA) is 113 Å². The van der Waals surface area contributed by atoms with E-state index < -0.39 is 11.9 Å². The molecule has 9 heteroatoms. The predicted octanol–water partition coefficient (Wildman–Crippen LogP) is 3.60. The van der Waals surface area contributed by atoms with Crippen LogP contribution >= 0.6 is 0 Å². The van der Waals surface area contributed by atoms with Crippen LogP contribution < -0.4 is 10.1 Å². The van der Waals surface area contributed by atoms with Crippen molar-refractivity contribution in [2.24, 2.45) is 0 Å². The second-order valence-corrected chi connectivity index (χ2v) is 6.19. The van der Waals surface area contributed by atoms with Crippen molar-refractivity contribution in [1.82, 2.24) is 25.3 Å². The number of aromatic nitrogens is 4. The Morgan fingerprint density at radius 2 is 2.03 bits per heavy atom. The van der Waals surface area contributed by atoms with Gasteiger partial charge >= 0.3 is 6.09 Å². The number of nitrogens with one attached hydrogen (secondary N) is 2. The zero-order chi connectivity index (χ0) is 20.4. The quantitative estimate of drug-likeness (QED) is 0.477. The summed E-state index contributed by atoms with van der Waals surface area (Å²) < 4.78 is 19.7. The highest BCUT2D eigenvalue weighted by atomic mass is 19.1. The molecular formula is C20H16FN5O3. The van der Waals surface area contributed by atoms with Crippen LogP contribution in [-0.4, -0.2) is 38.2 Å². The molecule has 3 aromatic heterocycles. The Hall–Kier alpha value is -4.01. The number of methoxy groups -OCH3 is 1. The summed E-state index contributed by atoms with van der Waals surface area (Å²) in [7, 11) is 1.57. The molecule has 0 aliphatic rings. The van der Waals surface area contributed by atoms with E-state index in [1.54, 1.807) is 49.8 Å². The van der Waals surface area contributed by atoms with Gasteiger partial charge in [0.15, 0.2) is 11.5 Å². The highest BCUT2D eigenvalue weighted by Gasteiger charge is 2.14. The van der Waals surface area contributed by atoms with Crippen LogP contribution in [-0.2, 0) is 6.54 Å². The highest BCUT2D eigenvalue weighted by molar-refractivity contribution is 5.91. The fraction of sp³-hybridized carbons (Fsp3) is 0.100. The molecular weight excluding hydrogens is 377 g/mol. The first-order valence-corrected chi connectivity index (χ1v) is 8.66. The SMILES string of the molecule is COc1ccnc(-c2nc3nccc(-c4ccc(CNC(=O)O)c(F)c4)c3[nH]2)c1. The smallest absolute Gasteiger partial charge is 0.404 e. The molecule has 29 heavy (non-hydrogen) atoms. The Morgan fingerprint density at radius 1 is 1.21 bits per heavy atom. The van der Waals surface area contributed by atoms with E-state index in [2.05, 4.69) is 25.3 Å². The van der Waals surface area contributed by atoms with Crippen molar-refractivity contribution in [2.75, 3.05) is 7.11 Å². The number of halogens is 1. The van der Waals surface area contributed by atoms with Crippen LogP contribution in [0.4, 0.5) is 9.18 Å². The van der Waals surface area contributed by atoms with E-state index in [9.17, 15) is 9.18 Å². The lowest BCUT2D eigenvalue weighted by Crippen LogP contribution is -2.20. The summed E-state index contributed by atoms with van der Waals surface area (Å²) in [4.78, 5) is 26.9. The number of carboxylic acid groups (broad SMARTS) is 1. The van der Waals surface area contributed by atoms with Crippen molar-refractivity contribution in [3.8, 4) is 28.4 Å². The molecule has 4 aromatic rings. The summed E-state index contributed by atoms with van der Waals surface area (Å²) in [6.07, 6.45) is 2.01. The van der Waals surface area contributed by atoms with E-state index in [1.165, 1.54) is 6.07 Å². The summed E-state index contributed by atoms with van der Waals surface area (Å²) in [6.45, 7) is -0.108. The van der Waals surface area contributed by atoms with Crippen LogP contribution in [0.1, 0.15) is 5.56 Å². The molecule has 3 heterocycles. The van der Waals surface area contributed by atoms with Crippen LogP contribution in [0.25, 0.3) is 33.8 Å². The molecule has 0 unspecified atom stereocenters. The van der Waals surface area contributed by atoms with Crippen LogP contribution in [0.2, 0.25) is 0 Å². The summed E-state index contributed by atoms with van der Waals surface area (Å²) in [5.74, 6) is 0.660. The number of amides is 1. The molecule has 0 bridgehead atoms. The number of hydrogen-bond donors (Lipinski definition) is 3. The molecule has 0 fully saturated rings. The van der Waals surface area contributed by atoms with E-state index in [0.717, 1.165) is 0 Å². The number of rotatable bonds is 5. The number of aromatic amines is 1. The van der Waals surface area contributed by atoms with Crippen molar-refractivity contribution in [1.29, 1.82) is 0 Å². The molecule has 4 rings (SSSR count). The van der Waals surface area contributed by atoms with Crippen molar-refractivity contribution in [3.63, 3.8) is 0 Å². The lowest BCUT2D eigenvalue weighted by molar-refractivity contribution is 0.194. The molecule has 1 aromatic carbocycles. The lowest BCUT2D eigenvalue weighted by Gasteiger charge is -2.07. The molecule has 0 spiro atoms. The number of hydrogen-bond acceptors (Lipinski definition) is 5. The third kappa shape index (κ3) is 3.70. The lowest BCUT2D eigenvalue weighted by atomic mass is 10.0. The maximum absolute atomic E-state index is 14.4. The third-order valence-corrected chi connectivity index (χ3v) is 4.40. The Labute approximate surface area is 164 Å². The van der Waals surface area contributed by atoms with E-state index in [4.69, 9.17) is 9.84 Å². The first-order chi connectivity index (χ1) is 14.0. The number of H-pyrrole nitrogens is 1. The molecule has 0 aliphatic heterocycles. The maximum atomic E-state index is 14.4.